The molecule has 1 heterocycles. The second kappa shape index (κ2) is 6.96. The van der Waals surface area contributed by atoms with E-state index >= 15 is 0 Å². The number of rotatable bonds is 6. The van der Waals surface area contributed by atoms with Gasteiger partial charge in [-0.2, -0.15) is 5.10 Å². The van der Waals surface area contributed by atoms with Gasteiger partial charge in [0.25, 0.3) is 0 Å². The molecule has 5 nitrogen and oxygen atoms in total. The summed E-state index contributed by atoms with van der Waals surface area (Å²) < 4.78 is 5.99. The zero-order valence-electron chi connectivity index (χ0n) is 11.7. The third-order valence-electron chi connectivity index (χ3n) is 2.96. The molecule has 0 fully saturated rings. The molecule has 1 N–H and O–H groups in total. The van der Waals surface area contributed by atoms with Gasteiger partial charge in [-0.05, 0) is 25.5 Å². The second-order valence-electron chi connectivity index (χ2n) is 4.70. The third kappa shape index (κ3) is 3.74. The number of benzene rings is 1. The van der Waals surface area contributed by atoms with E-state index in [9.17, 15) is 5.11 Å². The summed E-state index contributed by atoms with van der Waals surface area (Å²) in [5, 5.41) is 17.4. The fraction of sp³-hybridized carbons (Fsp3) is 0.400. The van der Waals surface area contributed by atoms with Gasteiger partial charge >= 0.3 is 0 Å². The van der Waals surface area contributed by atoms with Gasteiger partial charge in [0.2, 0.25) is 0 Å². The Morgan fingerprint density at radius 1 is 1.25 bits per heavy atom. The molecular formula is C15H19N3O2. The number of aliphatic hydroxyl groups excluding tert-OH is 1. The lowest BCUT2D eigenvalue weighted by Crippen LogP contribution is -2.21. The van der Waals surface area contributed by atoms with Gasteiger partial charge in [0.1, 0.15) is 11.9 Å². The molecular weight excluding hydrogens is 254 g/mol. The second-order valence-corrected chi connectivity index (χ2v) is 4.70. The molecule has 0 aliphatic carbocycles. The number of aliphatic hydroxyl groups is 1. The van der Waals surface area contributed by atoms with E-state index in [1.165, 1.54) is 6.20 Å². The van der Waals surface area contributed by atoms with Gasteiger partial charge in [-0.25, -0.2) is 4.98 Å². The Bertz CT molecular complexity index is 532. The molecule has 2 unspecified atom stereocenters. The normalized spacial score (nSPS) is 13.8. The zero-order valence-corrected chi connectivity index (χ0v) is 11.7. The Kier molecular flexibility index (Phi) is 5.01. The van der Waals surface area contributed by atoms with E-state index in [0.717, 1.165) is 12.0 Å². The summed E-state index contributed by atoms with van der Waals surface area (Å²) in [6.07, 6.45) is 4.14. The van der Waals surface area contributed by atoms with Gasteiger partial charge in [-0.3, -0.25) is 0 Å². The van der Waals surface area contributed by atoms with Crippen molar-refractivity contribution in [3.8, 4) is 17.1 Å². The minimum Gasteiger partial charge on any atom is -0.490 e. The predicted octanol–water partition coefficient (Wildman–Crippen LogP) is 2.47. The maximum Gasteiger partial charge on any atom is 0.185 e. The molecule has 0 radical (unpaired) electrons. The van der Waals surface area contributed by atoms with Crippen molar-refractivity contribution in [2.24, 2.45) is 0 Å². The Morgan fingerprint density at radius 2 is 2.05 bits per heavy atom. The van der Waals surface area contributed by atoms with Crippen LogP contribution in [0.5, 0.6) is 5.75 Å². The monoisotopic (exact) mass is 273 g/mol. The molecule has 0 amide bonds. The van der Waals surface area contributed by atoms with Gasteiger partial charge in [-0.1, -0.05) is 19.1 Å². The van der Waals surface area contributed by atoms with E-state index in [1.54, 1.807) is 13.1 Å². The lowest BCUT2D eigenvalue weighted by atomic mass is 10.1. The summed E-state index contributed by atoms with van der Waals surface area (Å²) in [6.45, 7) is 3.80. The maximum absolute atomic E-state index is 9.50. The molecule has 0 bridgehead atoms. The molecule has 1 aromatic heterocycles. The van der Waals surface area contributed by atoms with Crippen molar-refractivity contribution in [2.75, 3.05) is 0 Å². The van der Waals surface area contributed by atoms with Crippen LogP contribution >= 0.6 is 0 Å². The van der Waals surface area contributed by atoms with E-state index in [-0.39, 0.29) is 12.2 Å². The molecule has 0 aliphatic heterocycles. The van der Waals surface area contributed by atoms with Gasteiger partial charge in [0.05, 0.1) is 17.9 Å². The van der Waals surface area contributed by atoms with Crippen LogP contribution in [0.15, 0.2) is 36.7 Å². The standard InChI is InChI=1S/C15H19N3O2/c1-3-12(10-11(2)19)20-14-7-5-4-6-13(14)15-16-8-9-17-18-15/h4-9,11-12,19H,3,10H2,1-2H3. The average molecular weight is 273 g/mol. The van der Waals surface area contributed by atoms with Gasteiger partial charge in [0.15, 0.2) is 5.82 Å². The lowest BCUT2D eigenvalue weighted by Gasteiger charge is -2.20. The first-order valence-electron chi connectivity index (χ1n) is 6.78. The number of aromatic nitrogens is 3. The molecule has 2 atom stereocenters. The van der Waals surface area contributed by atoms with Crippen LogP contribution in [0.3, 0.4) is 0 Å². The minimum absolute atomic E-state index is 0.0344. The quantitative estimate of drug-likeness (QED) is 0.875. The summed E-state index contributed by atoms with van der Waals surface area (Å²) >= 11 is 0. The van der Waals surface area contributed by atoms with Crippen molar-refractivity contribution in [3.63, 3.8) is 0 Å². The average Bonchev–Trinajstić information content (AvgIpc) is 2.47. The predicted molar refractivity (Wildman–Crippen MR) is 76.3 cm³/mol. The number of hydrogen-bond acceptors (Lipinski definition) is 5. The number of nitrogens with zero attached hydrogens (tertiary/aromatic N) is 3. The van der Waals surface area contributed by atoms with Crippen LogP contribution in [0.4, 0.5) is 0 Å². The van der Waals surface area contributed by atoms with Crippen molar-refractivity contribution in [1.82, 2.24) is 15.2 Å². The molecule has 2 aromatic rings. The topological polar surface area (TPSA) is 68.1 Å². The van der Waals surface area contributed by atoms with Crippen LogP contribution in [0, 0.1) is 0 Å². The van der Waals surface area contributed by atoms with Crippen LogP contribution in [0.1, 0.15) is 26.7 Å². The largest absolute Gasteiger partial charge is 0.490 e. The first-order chi connectivity index (χ1) is 9.70. The zero-order chi connectivity index (χ0) is 14.4. The Balaban J connectivity index is 2.24. The van der Waals surface area contributed by atoms with E-state index in [2.05, 4.69) is 15.2 Å². The van der Waals surface area contributed by atoms with Crippen LogP contribution in [0.2, 0.25) is 0 Å². The lowest BCUT2D eigenvalue weighted by molar-refractivity contribution is 0.104. The summed E-state index contributed by atoms with van der Waals surface area (Å²) in [6, 6.07) is 7.61. The summed E-state index contributed by atoms with van der Waals surface area (Å²) in [4.78, 5) is 4.20. The highest BCUT2D eigenvalue weighted by atomic mass is 16.5. The third-order valence-corrected chi connectivity index (χ3v) is 2.96. The fourth-order valence-electron chi connectivity index (χ4n) is 1.98. The number of para-hydroxylation sites is 1. The first kappa shape index (κ1) is 14.4. The smallest absolute Gasteiger partial charge is 0.185 e. The van der Waals surface area contributed by atoms with E-state index in [1.807, 2.05) is 31.2 Å². The van der Waals surface area contributed by atoms with Crippen molar-refractivity contribution >= 4 is 0 Å². The molecule has 1 aromatic carbocycles. The van der Waals surface area contributed by atoms with Crippen LogP contribution in [-0.4, -0.2) is 32.5 Å². The molecule has 0 spiro atoms. The van der Waals surface area contributed by atoms with Crippen molar-refractivity contribution in [1.29, 1.82) is 0 Å². The Hall–Kier alpha value is -2.01. The highest BCUT2D eigenvalue weighted by Gasteiger charge is 2.15. The molecule has 5 heteroatoms. The minimum atomic E-state index is -0.387. The summed E-state index contributed by atoms with van der Waals surface area (Å²) in [5.41, 5.74) is 0.810. The molecule has 106 valence electrons. The van der Waals surface area contributed by atoms with Gasteiger partial charge < -0.3 is 9.84 Å². The highest BCUT2D eigenvalue weighted by molar-refractivity contribution is 5.63. The molecule has 0 saturated carbocycles. The van der Waals surface area contributed by atoms with Gasteiger partial charge in [0, 0.05) is 12.6 Å². The summed E-state index contributed by atoms with van der Waals surface area (Å²) in [5.74, 6) is 1.25. The van der Waals surface area contributed by atoms with Crippen molar-refractivity contribution in [2.45, 2.75) is 38.9 Å². The Labute approximate surface area is 118 Å². The number of ether oxygens (including phenoxy) is 1. The molecule has 0 saturated heterocycles. The Morgan fingerprint density at radius 3 is 2.70 bits per heavy atom. The van der Waals surface area contributed by atoms with E-state index in [4.69, 9.17) is 4.74 Å². The molecule has 0 aliphatic rings. The van der Waals surface area contributed by atoms with Gasteiger partial charge in [-0.15, -0.1) is 5.10 Å². The van der Waals surface area contributed by atoms with Crippen molar-refractivity contribution in [3.05, 3.63) is 36.7 Å². The molecule has 2 rings (SSSR count). The van der Waals surface area contributed by atoms with E-state index in [0.29, 0.717) is 18.0 Å². The van der Waals surface area contributed by atoms with Crippen molar-refractivity contribution < 1.29 is 9.84 Å². The van der Waals surface area contributed by atoms with Crippen LogP contribution in [-0.2, 0) is 0 Å². The molecule has 20 heavy (non-hydrogen) atoms. The first-order valence-corrected chi connectivity index (χ1v) is 6.78. The number of hydrogen-bond donors (Lipinski definition) is 1. The highest BCUT2D eigenvalue weighted by Crippen LogP contribution is 2.28. The van der Waals surface area contributed by atoms with E-state index < -0.39 is 0 Å². The summed E-state index contributed by atoms with van der Waals surface area (Å²) in [7, 11) is 0. The fourth-order valence-corrected chi connectivity index (χ4v) is 1.98. The maximum atomic E-state index is 9.50. The SMILES string of the molecule is CCC(CC(C)O)Oc1ccccc1-c1nccnn1. The van der Waals surface area contributed by atoms with Crippen LogP contribution < -0.4 is 4.74 Å². The van der Waals surface area contributed by atoms with Crippen LogP contribution in [0.25, 0.3) is 11.4 Å².